The van der Waals surface area contributed by atoms with Crippen LogP contribution in [-0.2, 0) is 0 Å². The van der Waals surface area contributed by atoms with Crippen molar-refractivity contribution in [1.29, 1.82) is 0 Å². The van der Waals surface area contributed by atoms with E-state index in [1.54, 1.807) is 12.1 Å². The molecule has 0 atom stereocenters. The lowest BCUT2D eigenvalue weighted by Gasteiger charge is -2.08. The third-order valence-corrected chi connectivity index (χ3v) is 4.67. The van der Waals surface area contributed by atoms with E-state index in [4.69, 9.17) is 4.74 Å². The second-order valence-corrected chi connectivity index (χ2v) is 7.24. The summed E-state index contributed by atoms with van der Waals surface area (Å²) in [4.78, 5) is 12.2. The highest BCUT2D eigenvalue weighted by Crippen LogP contribution is 2.42. The minimum atomic E-state index is -0.169. The van der Waals surface area contributed by atoms with Crippen molar-refractivity contribution in [2.24, 2.45) is 5.92 Å². The molecular weight excluding hydrogens is 310 g/mol. The molecule has 1 aliphatic carbocycles. The summed E-state index contributed by atoms with van der Waals surface area (Å²) in [7, 11) is 0. The molecule has 1 amide bonds. The van der Waals surface area contributed by atoms with Gasteiger partial charge in [-0.05, 0) is 49.4 Å². The molecule has 5 nitrogen and oxygen atoms in total. The largest absolute Gasteiger partial charge is 0.494 e. The Kier molecular flexibility index (Phi) is 4.91. The Morgan fingerprint density at radius 3 is 2.70 bits per heavy atom. The van der Waals surface area contributed by atoms with Crippen LogP contribution in [0, 0.1) is 5.92 Å². The lowest BCUT2D eigenvalue weighted by molar-refractivity contribution is 0.102. The summed E-state index contributed by atoms with van der Waals surface area (Å²) >= 11 is 1.46. The second-order valence-electron chi connectivity index (χ2n) is 6.23. The molecule has 6 heteroatoms. The Morgan fingerprint density at radius 2 is 2.04 bits per heavy atom. The molecule has 0 aliphatic heterocycles. The van der Waals surface area contributed by atoms with Crippen molar-refractivity contribution in [3.05, 3.63) is 34.8 Å². The highest BCUT2D eigenvalue weighted by molar-refractivity contribution is 7.15. The average molecular weight is 331 g/mol. The molecule has 0 spiro atoms. The molecule has 2 aromatic rings. The van der Waals surface area contributed by atoms with Gasteiger partial charge in [0.05, 0.1) is 6.61 Å². The fourth-order valence-corrected chi connectivity index (χ4v) is 2.97. The van der Waals surface area contributed by atoms with Crippen LogP contribution >= 0.6 is 11.3 Å². The fraction of sp³-hybridized carbons (Fsp3) is 0.471. The van der Waals surface area contributed by atoms with Gasteiger partial charge in [-0.25, -0.2) is 0 Å². The normalized spacial score (nSPS) is 14.0. The second kappa shape index (κ2) is 7.08. The molecule has 122 valence electrons. The number of ether oxygens (including phenoxy) is 1. The van der Waals surface area contributed by atoms with Crippen molar-refractivity contribution in [3.8, 4) is 5.75 Å². The van der Waals surface area contributed by atoms with Crippen LogP contribution in [0.15, 0.2) is 24.3 Å². The summed E-state index contributed by atoms with van der Waals surface area (Å²) in [5, 5.41) is 12.5. The van der Waals surface area contributed by atoms with Gasteiger partial charge in [0.15, 0.2) is 0 Å². The van der Waals surface area contributed by atoms with E-state index in [0.29, 0.717) is 29.1 Å². The zero-order chi connectivity index (χ0) is 16.2. The Hall–Kier alpha value is -1.95. The maximum atomic E-state index is 12.2. The van der Waals surface area contributed by atoms with Crippen molar-refractivity contribution in [2.75, 3.05) is 11.9 Å². The van der Waals surface area contributed by atoms with Crippen molar-refractivity contribution >= 4 is 22.4 Å². The molecule has 0 unspecified atom stereocenters. The quantitative estimate of drug-likeness (QED) is 0.830. The number of amides is 1. The Labute approximate surface area is 140 Å². The molecule has 23 heavy (non-hydrogen) atoms. The molecule has 0 saturated heterocycles. The van der Waals surface area contributed by atoms with E-state index in [0.717, 1.165) is 17.2 Å². The summed E-state index contributed by atoms with van der Waals surface area (Å²) in [6.45, 7) is 5.02. The first-order valence-corrected chi connectivity index (χ1v) is 8.81. The maximum absolute atomic E-state index is 12.2. The van der Waals surface area contributed by atoms with Gasteiger partial charge in [0.1, 0.15) is 10.8 Å². The molecule has 1 saturated carbocycles. The third kappa shape index (κ3) is 4.51. The van der Waals surface area contributed by atoms with E-state index < -0.39 is 0 Å². The van der Waals surface area contributed by atoms with Gasteiger partial charge in [-0.15, -0.1) is 10.2 Å². The number of carbonyl (C=O) groups excluding carboxylic acids is 1. The number of hydrogen-bond donors (Lipinski definition) is 1. The topological polar surface area (TPSA) is 64.1 Å². The molecule has 1 aromatic heterocycles. The number of rotatable bonds is 7. The number of carbonyl (C=O) groups is 1. The van der Waals surface area contributed by atoms with Gasteiger partial charge >= 0.3 is 0 Å². The number of aromatic nitrogens is 2. The number of nitrogens with one attached hydrogen (secondary N) is 1. The fourth-order valence-electron chi connectivity index (χ4n) is 2.06. The van der Waals surface area contributed by atoms with E-state index in [-0.39, 0.29) is 5.91 Å². The Bertz CT molecular complexity index is 663. The zero-order valence-electron chi connectivity index (χ0n) is 13.4. The van der Waals surface area contributed by atoms with Crippen LogP contribution in [0.2, 0.25) is 0 Å². The molecule has 1 aliphatic rings. The Balaban J connectivity index is 1.54. The van der Waals surface area contributed by atoms with Gasteiger partial charge in [-0.3, -0.25) is 10.1 Å². The zero-order valence-corrected chi connectivity index (χ0v) is 14.2. The first-order chi connectivity index (χ1) is 11.1. The van der Waals surface area contributed by atoms with Crippen molar-refractivity contribution < 1.29 is 9.53 Å². The predicted molar refractivity (Wildman–Crippen MR) is 91.2 cm³/mol. The first-order valence-electron chi connectivity index (χ1n) is 7.99. The van der Waals surface area contributed by atoms with E-state index in [2.05, 4.69) is 29.4 Å². The first kappa shape index (κ1) is 15.9. The van der Waals surface area contributed by atoms with Gasteiger partial charge in [0.2, 0.25) is 5.13 Å². The third-order valence-electron chi connectivity index (χ3n) is 3.67. The minimum Gasteiger partial charge on any atom is -0.494 e. The van der Waals surface area contributed by atoms with Crippen LogP contribution in [0.3, 0.4) is 0 Å². The van der Waals surface area contributed by atoms with Crippen LogP contribution in [0.1, 0.15) is 54.4 Å². The van der Waals surface area contributed by atoms with Gasteiger partial charge in [-0.1, -0.05) is 25.2 Å². The average Bonchev–Trinajstić information content (AvgIpc) is 3.28. The monoisotopic (exact) mass is 331 g/mol. The van der Waals surface area contributed by atoms with Gasteiger partial charge in [0, 0.05) is 11.5 Å². The summed E-state index contributed by atoms with van der Waals surface area (Å²) < 4.78 is 5.65. The summed E-state index contributed by atoms with van der Waals surface area (Å²) in [5.41, 5.74) is 0.587. The highest BCUT2D eigenvalue weighted by atomic mass is 32.1. The molecular formula is C17H21N3O2S. The van der Waals surface area contributed by atoms with E-state index >= 15 is 0 Å². The summed E-state index contributed by atoms with van der Waals surface area (Å²) in [6, 6.07) is 7.18. The SMILES string of the molecule is CC(C)CCOc1ccc(C(=O)Nc2nnc(C3CC3)s2)cc1. The number of hydrogen-bond acceptors (Lipinski definition) is 5. The highest BCUT2D eigenvalue weighted by Gasteiger charge is 2.27. The standard InChI is InChI=1S/C17H21N3O2S/c1-11(2)9-10-22-14-7-5-12(6-8-14)15(21)18-17-20-19-16(23-17)13-3-4-13/h5-8,11,13H,3-4,9-10H2,1-2H3,(H,18,20,21). The molecule has 1 aromatic carbocycles. The molecule has 0 radical (unpaired) electrons. The lowest BCUT2D eigenvalue weighted by atomic mass is 10.1. The van der Waals surface area contributed by atoms with E-state index in [1.807, 2.05) is 12.1 Å². The van der Waals surface area contributed by atoms with E-state index in [1.165, 1.54) is 24.2 Å². The number of anilines is 1. The molecule has 3 rings (SSSR count). The summed E-state index contributed by atoms with van der Waals surface area (Å²) in [5.74, 6) is 1.79. The maximum Gasteiger partial charge on any atom is 0.257 e. The molecule has 1 heterocycles. The van der Waals surface area contributed by atoms with E-state index in [9.17, 15) is 4.79 Å². The number of nitrogens with zero attached hydrogens (tertiary/aromatic N) is 2. The molecule has 1 N–H and O–H groups in total. The molecule has 1 fully saturated rings. The summed E-state index contributed by atoms with van der Waals surface area (Å²) in [6.07, 6.45) is 3.38. The number of benzene rings is 1. The van der Waals surface area contributed by atoms with Crippen LogP contribution in [0.25, 0.3) is 0 Å². The smallest absolute Gasteiger partial charge is 0.257 e. The van der Waals surface area contributed by atoms with Crippen LogP contribution in [-0.4, -0.2) is 22.7 Å². The lowest BCUT2D eigenvalue weighted by Crippen LogP contribution is -2.11. The van der Waals surface area contributed by atoms with Crippen LogP contribution < -0.4 is 10.1 Å². The van der Waals surface area contributed by atoms with Crippen molar-refractivity contribution in [2.45, 2.75) is 39.0 Å². The van der Waals surface area contributed by atoms with Crippen LogP contribution in [0.4, 0.5) is 5.13 Å². The minimum absolute atomic E-state index is 0.169. The van der Waals surface area contributed by atoms with Gasteiger partial charge in [-0.2, -0.15) is 0 Å². The molecule has 0 bridgehead atoms. The van der Waals surface area contributed by atoms with Gasteiger partial charge in [0.25, 0.3) is 5.91 Å². The predicted octanol–water partition coefficient (Wildman–Crippen LogP) is 4.09. The Morgan fingerprint density at radius 1 is 1.30 bits per heavy atom. The van der Waals surface area contributed by atoms with Crippen molar-refractivity contribution in [1.82, 2.24) is 10.2 Å². The van der Waals surface area contributed by atoms with Crippen LogP contribution in [0.5, 0.6) is 5.75 Å². The van der Waals surface area contributed by atoms with Gasteiger partial charge < -0.3 is 4.74 Å². The van der Waals surface area contributed by atoms with Crippen molar-refractivity contribution in [3.63, 3.8) is 0 Å².